The molecule has 0 radical (unpaired) electrons. The predicted molar refractivity (Wildman–Crippen MR) is 163 cm³/mol. The Morgan fingerprint density at radius 2 is 1.86 bits per heavy atom. The van der Waals surface area contributed by atoms with E-state index in [1.165, 1.54) is 0 Å². The van der Waals surface area contributed by atoms with Crippen molar-refractivity contribution >= 4 is 40.0 Å². The van der Waals surface area contributed by atoms with E-state index in [9.17, 15) is 0 Å². The molecule has 0 unspecified atom stereocenters. The Labute approximate surface area is 246 Å². The standard InChI is InChI=1S/C30H29N9O2S/c1-20-13-22(4-7-26(20)41-29-15-28-36-34-19-38(28)18-33-29)35-30-24-14-21(3-6-25(24)31-17-32-30)27-8-5-23(40-27)16-37-9-11-39(42-2)12-10-37/h3-8,13-15,17-19H,9-12,16H2,1-2H3,(H,31,32,35). The maximum Gasteiger partial charge on any atom is 0.224 e. The second kappa shape index (κ2) is 11.4. The first-order valence-electron chi connectivity index (χ1n) is 13.7. The average Bonchev–Trinajstić information content (AvgIpc) is 3.68. The van der Waals surface area contributed by atoms with E-state index in [0.717, 1.165) is 72.0 Å². The summed E-state index contributed by atoms with van der Waals surface area (Å²) >= 11 is 1.82. The molecule has 42 heavy (non-hydrogen) atoms. The van der Waals surface area contributed by atoms with Gasteiger partial charge in [-0.1, -0.05) is 11.9 Å². The molecular formula is C30H29N9O2S. The minimum absolute atomic E-state index is 0.452. The van der Waals surface area contributed by atoms with Crippen LogP contribution < -0.4 is 10.1 Å². The molecule has 2 aromatic carbocycles. The van der Waals surface area contributed by atoms with Gasteiger partial charge in [-0.3, -0.25) is 9.30 Å². The van der Waals surface area contributed by atoms with Gasteiger partial charge in [0.1, 0.15) is 42.1 Å². The fourth-order valence-corrected chi connectivity index (χ4v) is 5.60. The number of benzene rings is 2. The van der Waals surface area contributed by atoms with Gasteiger partial charge in [-0.05, 0) is 67.3 Å². The minimum Gasteiger partial charge on any atom is -0.460 e. The Kier molecular flexibility index (Phi) is 7.16. The topological polar surface area (TPSA) is 110 Å². The van der Waals surface area contributed by atoms with Crippen molar-refractivity contribution in [2.45, 2.75) is 13.5 Å². The summed E-state index contributed by atoms with van der Waals surface area (Å²) in [5.74, 6) is 3.67. The lowest BCUT2D eigenvalue weighted by molar-refractivity contribution is 0.178. The molecule has 1 fully saturated rings. The van der Waals surface area contributed by atoms with Gasteiger partial charge >= 0.3 is 0 Å². The molecule has 1 aliphatic heterocycles. The highest BCUT2D eigenvalue weighted by molar-refractivity contribution is 7.96. The molecule has 0 saturated carbocycles. The van der Waals surface area contributed by atoms with Crippen LogP contribution in [-0.2, 0) is 6.54 Å². The molecule has 7 rings (SSSR count). The molecule has 5 heterocycles. The molecule has 0 spiro atoms. The lowest BCUT2D eigenvalue weighted by atomic mass is 10.1. The van der Waals surface area contributed by atoms with E-state index < -0.39 is 0 Å². The lowest BCUT2D eigenvalue weighted by Gasteiger charge is -2.32. The quantitative estimate of drug-likeness (QED) is 0.229. The van der Waals surface area contributed by atoms with Gasteiger partial charge in [0.15, 0.2) is 5.65 Å². The largest absolute Gasteiger partial charge is 0.460 e. The summed E-state index contributed by atoms with van der Waals surface area (Å²) in [4.78, 5) is 15.8. The SMILES string of the molecule is CSN1CCN(Cc2ccc(-c3ccc4ncnc(Nc5ccc(Oc6cc7nncn7cn6)c(C)c5)c4c3)o2)CC1. The first-order valence-corrected chi connectivity index (χ1v) is 14.9. The average molecular weight is 580 g/mol. The number of nitrogens with zero attached hydrogens (tertiary/aromatic N) is 8. The van der Waals surface area contributed by atoms with E-state index in [-0.39, 0.29) is 0 Å². The van der Waals surface area contributed by atoms with Gasteiger partial charge in [0.2, 0.25) is 5.88 Å². The van der Waals surface area contributed by atoms with Crippen molar-refractivity contribution in [2.75, 3.05) is 37.8 Å². The van der Waals surface area contributed by atoms with Crippen molar-refractivity contribution in [3.8, 4) is 23.0 Å². The molecule has 1 saturated heterocycles. The molecule has 0 aliphatic carbocycles. The minimum atomic E-state index is 0.452. The summed E-state index contributed by atoms with van der Waals surface area (Å²) in [5, 5.41) is 12.3. The summed E-state index contributed by atoms with van der Waals surface area (Å²) < 4.78 is 16.4. The lowest BCUT2D eigenvalue weighted by Crippen LogP contribution is -2.42. The summed E-state index contributed by atoms with van der Waals surface area (Å²) in [7, 11) is 0. The highest BCUT2D eigenvalue weighted by Gasteiger charge is 2.18. The first kappa shape index (κ1) is 26.4. The van der Waals surface area contributed by atoms with Gasteiger partial charge < -0.3 is 14.5 Å². The number of hydrogen-bond acceptors (Lipinski definition) is 11. The summed E-state index contributed by atoms with van der Waals surface area (Å²) in [6.45, 7) is 7.03. The summed E-state index contributed by atoms with van der Waals surface area (Å²) in [5.41, 5.74) is 4.33. The number of aryl methyl sites for hydroxylation is 1. The normalized spacial score (nSPS) is 14.5. The van der Waals surface area contributed by atoms with Gasteiger partial charge in [-0.2, -0.15) is 0 Å². The zero-order chi connectivity index (χ0) is 28.5. The molecule has 212 valence electrons. The molecule has 0 atom stereocenters. The van der Waals surface area contributed by atoms with Crippen LogP contribution >= 0.6 is 11.9 Å². The van der Waals surface area contributed by atoms with Gasteiger partial charge in [-0.15, -0.1) is 10.2 Å². The molecule has 1 aliphatic rings. The number of aromatic nitrogens is 6. The van der Waals surface area contributed by atoms with Crippen LogP contribution in [0.4, 0.5) is 11.5 Å². The van der Waals surface area contributed by atoms with Gasteiger partial charge in [0.05, 0.1) is 12.1 Å². The fourth-order valence-electron chi connectivity index (χ4n) is 5.08. The van der Waals surface area contributed by atoms with Crippen molar-refractivity contribution in [1.29, 1.82) is 0 Å². The second-order valence-electron chi connectivity index (χ2n) is 10.1. The van der Waals surface area contributed by atoms with Crippen LogP contribution in [0.2, 0.25) is 0 Å². The number of nitrogens with one attached hydrogen (secondary N) is 1. The Hall–Kier alpha value is -4.52. The number of piperazine rings is 1. The number of ether oxygens (including phenoxy) is 1. The van der Waals surface area contributed by atoms with Crippen LogP contribution in [0.5, 0.6) is 11.6 Å². The Morgan fingerprint density at radius 3 is 2.71 bits per heavy atom. The first-order chi connectivity index (χ1) is 20.6. The van der Waals surface area contributed by atoms with E-state index in [0.29, 0.717) is 23.1 Å². The van der Waals surface area contributed by atoms with Crippen LogP contribution in [0.3, 0.4) is 0 Å². The zero-order valence-electron chi connectivity index (χ0n) is 23.3. The predicted octanol–water partition coefficient (Wildman–Crippen LogP) is 5.57. The Bertz CT molecular complexity index is 1860. The maximum absolute atomic E-state index is 6.28. The highest BCUT2D eigenvalue weighted by Crippen LogP contribution is 2.32. The summed E-state index contributed by atoms with van der Waals surface area (Å²) in [6.07, 6.45) is 6.93. The maximum atomic E-state index is 6.28. The third kappa shape index (κ3) is 5.51. The van der Waals surface area contributed by atoms with E-state index in [4.69, 9.17) is 9.15 Å². The summed E-state index contributed by atoms with van der Waals surface area (Å²) in [6, 6.07) is 17.9. The van der Waals surface area contributed by atoms with Crippen molar-refractivity contribution in [2.24, 2.45) is 0 Å². The van der Waals surface area contributed by atoms with Crippen molar-refractivity contribution in [3.05, 3.63) is 84.9 Å². The van der Waals surface area contributed by atoms with E-state index in [1.807, 2.05) is 55.3 Å². The zero-order valence-corrected chi connectivity index (χ0v) is 24.1. The number of anilines is 2. The van der Waals surface area contributed by atoms with Gasteiger partial charge in [0.25, 0.3) is 0 Å². The molecule has 6 aromatic rings. The van der Waals surface area contributed by atoms with Crippen LogP contribution in [0.25, 0.3) is 27.9 Å². The Morgan fingerprint density at radius 1 is 0.952 bits per heavy atom. The van der Waals surface area contributed by atoms with E-state index >= 15 is 0 Å². The van der Waals surface area contributed by atoms with Crippen molar-refractivity contribution < 1.29 is 9.15 Å². The van der Waals surface area contributed by atoms with Crippen molar-refractivity contribution in [3.63, 3.8) is 0 Å². The molecule has 4 aromatic heterocycles. The van der Waals surface area contributed by atoms with Crippen LogP contribution in [-0.4, -0.2) is 71.2 Å². The molecule has 0 bridgehead atoms. The fraction of sp³-hybridized carbons (Fsp3) is 0.233. The van der Waals surface area contributed by atoms with E-state index in [1.54, 1.807) is 29.4 Å². The third-order valence-corrected chi connectivity index (χ3v) is 8.25. The highest BCUT2D eigenvalue weighted by atomic mass is 32.2. The molecule has 11 nitrogen and oxygen atoms in total. The molecule has 1 N–H and O–H groups in total. The Balaban J connectivity index is 1.08. The van der Waals surface area contributed by atoms with Crippen LogP contribution in [0.1, 0.15) is 11.3 Å². The number of fused-ring (bicyclic) bond motifs is 2. The van der Waals surface area contributed by atoms with Gasteiger partial charge in [0, 0.05) is 48.9 Å². The third-order valence-electron chi connectivity index (χ3n) is 7.37. The molecular weight excluding hydrogens is 550 g/mol. The van der Waals surface area contributed by atoms with Crippen LogP contribution in [0, 0.1) is 6.92 Å². The smallest absolute Gasteiger partial charge is 0.224 e. The van der Waals surface area contributed by atoms with Crippen LogP contribution in [0.15, 0.2) is 78.0 Å². The number of hydrogen-bond donors (Lipinski definition) is 1. The number of furan rings is 1. The van der Waals surface area contributed by atoms with E-state index in [2.05, 4.69) is 58.1 Å². The molecule has 0 amide bonds. The second-order valence-corrected chi connectivity index (χ2v) is 11.0. The molecule has 12 heteroatoms. The van der Waals surface area contributed by atoms with Gasteiger partial charge in [-0.25, -0.2) is 19.3 Å². The monoisotopic (exact) mass is 579 g/mol. The number of rotatable bonds is 8. The van der Waals surface area contributed by atoms with Crippen molar-refractivity contribution in [1.82, 2.24) is 38.8 Å².